The molecule has 102 valence electrons. The Labute approximate surface area is 110 Å². The van der Waals surface area contributed by atoms with E-state index in [-0.39, 0.29) is 6.10 Å². The summed E-state index contributed by atoms with van der Waals surface area (Å²) in [5.74, 6) is 0.676. The molecule has 0 aliphatic heterocycles. The summed E-state index contributed by atoms with van der Waals surface area (Å²) >= 11 is 0. The summed E-state index contributed by atoms with van der Waals surface area (Å²) in [5, 5.41) is 3.29. The number of rotatable bonds is 8. The topological polar surface area (TPSA) is 43.4 Å². The number of pyridine rings is 1. The lowest BCUT2D eigenvalue weighted by molar-refractivity contribution is 0.0542. The molecule has 0 bridgehead atoms. The predicted molar refractivity (Wildman–Crippen MR) is 72.9 cm³/mol. The van der Waals surface area contributed by atoms with Gasteiger partial charge in [-0.3, -0.25) is 0 Å². The second kappa shape index (κ2) is 8.06. The number of hydrogen-bond donors (Lipinski definition) is 1. The minimum Gasteiger partial charge on any atom is -0.475 e. The lowest BCUT2D eigenvalue weighted by Gasteiger charge is -2.10. The summed E-state index contributed by atoms with van der Waals surface area (Å²) in [6.07, 6.45) is 0.239. The van der Waals surface area contributed by atoms with Crippen LogP contribution in [0.5, 0.6) is 5.88 Å². The standard InChI is InChI=1S/C14H24N2O2/c1-5-15-10-13-8-12(4)16-14(9-13)18-7-6-17-11(2)3/h8-9,11,15H,5-7,10H2,1-4H3. The molecule has 4 heteroatoms. The average molecular weight is 252 g/mol. The highest BCUT2D eigenvalue weighted by Gasteiger charge is 2.01. The summed E-state index contributed by atoms with van der Waals surface area (Å²) in [7, 11) is 0. The van der Waals surface area contributed by atoms with E-state index in [9.17, 15) is 0 Å². The largest absolute Gasteiger partial charge is 0.475 e. The molecule has 0 aromatic carbocycles. The Hall–Kier alpha value is -1.13. The van der Waals surface area contributed by atoms with Gasteiger partial charge in [0.1, 0.15) is 6.61 Å². The summed E-state index contributed by atoms with van der Waals surface area (Å²) in [5.41, 5.74) is 2.18. The molecule has 0 radical (unpaired) electrons. The SMILES string of the molecule is CCNCc1cc(C)nc(OCCOC(C)C)c1. The first kappa shape index (κ1) is 14.9. The molecule has 1 heterocycles. The van der Waals surface area contributed by atoms with Crippen LogP contribution in [0.4, 0.5) is 0 Å². The lowest BCUT2D eigenvalue weighted by Crippen LogP contribution is -2.14. The van der Waals surface area contributed by atoms with Crippen LogP contribution in [-0.2, 0) is 11.3 Å². The van der Waals surface area contributed by atoms with E-state index in [2.05, 4.69) is 23.3 Å². The van der Waals surface area contributed by atoms with Gasteiger partial charge in [-0.1, -0.05) is 6.92 Å². The molecule has 1 rings (SSSR count). The molecule has 4 nitrogen and oxygen atoms in total. The zero-order valence-corrected chi connectivity index (χ0v) is 11.8. The van der Waals surface area contributed by atoms with Gasteiger partial charge in [-0.2, -0.15) is 0 Å². The Bertz CT molecular complexity index is 354. The van der Waals surface area contributed by atoms with E-state index in [0.29, 0.717) is 19.1 Å². The van der Waals surface area contributed by atoms with Gasteiger partial charge in [-0.15, -0.1) is 0 Å². The fourth-order valence-corrected chi connectivity index (χ4v) is 1.58. The van der Waals surface area contributed by atoms with E-state index in [0.717, 1.165) is 18.8 Å². The first-order valence-electron chi connectivity index (χ1n) is 6.54. The van der Waals surface area contributed by atoms with Gasteiger partial charge in [0.2, 0.25) is 5.88 Å². The third-order valence-electron chi connectivity index (χ3n) is 2.35. The second-order valence-electron chi connectivity index (χ2n) is 4.50. The molecule has 0 unspecified atom stereocenters. The maximum Gasteiger partial charge on any atom is 0.213 e. The summed E-state index contributed by atoms with van der Waals surface area (Å²) in [6.45, 7) is 11.0. The maximum atomic E-state index is 5.59. The Morgan fingerprint density at radius 1 is 1.28 bits per heavy atom. The van der Waals surface area contributed by atoms with Crippen molar-refractivity contribution in [3.8, 4) is 5.88 Å². The third kappa shape index (κ3) is 5.98. The van der Waals surface area contributed by atoms with Crippen molar-refractivity contribution in [2.75, 3.05) is 19.8 Å². The van der Waals surface area contributed by atoms with Crippen molar-refractivity contribution in [3.05, 3.63) is 23.4 Å². The summed E-state index contributed by atoms with van der Waals surface area (Å²) in [6, 6.07) is 4.05. The van der Waals surface area contributed by atoms with Crippen LogP contribution in [0.15, 0.2) is 12.1 Å². The smallest absolute Gasteiger partial charge is 0.213 e. The zero-order valence-electron chi connectivity index (χ0n) is 11.8. The first-order chi connectivity index (χ1) is 8.61. The van der Waals surface area contributed by atoms with Crippen LogP contribution in [0.1, 0.15) is 32.0 Å². The van der Waals surface area contributed by atoms with E-state index in [1.165, 1.54) is 5.56 Å². The van der Waals surface area contributed by atoms with Crippen molar-refractivity contribution >= 4 is 0 Å². The number of aromatic nitrogens is 1. The van der Waals surface area contributed by atoms with Gasteiger partial charge in [-0.05, 0) is 38.9 Å². The van der Waals surface area contributed by atoms with Crippen LogP contribution >= 0.6 is 0 Å². The minimum atomic E-state index is 0.239. The van der Waals surface area contributed by atoms with E-state index in [1.807, 2.05) is 26.8 Å². The molecular weight excluding hydrogens is 228 g/mol. The van der Waals surface area contributed by atoms with Crippen molar-refractivity contribution < 1.29 is 9.47 Å². The fourth-order valence-electron chi connectivity index (χ4n) is 1.58. The van der Waals surface area contributed by atoms with Crippen LogP contribution in [-0.4, -0.2) is 30.8 Å². The molecule has 1 N–H and O–H groups in total. The van der Waals surface area contributed by atoms with Crippen molar-refractivity contribution in [1.29, 1.82) is 0 Å². The Balaban J connectivity index is 2.46. The molecule has 1 aromatic rings. The normalized spacial score (nSPS) is 10.9. The van der Waals surface area contributed by atoms with Crippen LogP contribution < -0.4 is 10.1 Å². The summed E-state index contributed by atoms with van der Waals surface area (Å²) in [4.78, 5) is 4.35. The molecule has 0 aliphatic carbocycles. The molecule has 0 fully saturated rings. The number of nitrogens with one attached hydrogen (secondary N) is 1. The third-order valence-corrected chi connectivity index (χ3v) is 2.35. The maximum absolute atomic E-state index is 5.59. The predicted octanol–water partition coefficient (Wildman–Crippen LogP) is 2.30. The molecular formula is C14H24N2O2. The van der Waals surface area contributed by atoms with Crippen LogP contribution in [0.3, 0.4) is 0 Å². The Morgan fingerprint density at radius 3 is 2.72 bits per heavy atom. The lowest BCUT2D eigenvalue weighted by atomic mass is 10.2. The highest BCUT2D eigenvalue weighted by atomic mass is 16.5. The fraction of sp³-hybridized carbons (Fsp3) is 0.643. The van der Waals surface area contributed by atoms with Crippen LogP contribution in [0.25, 0.3) is 0 Å². The van der Waals surface area contributed by atoms with Gasteiger partial charge < -0.3 is 14.8 Å². The van der Waals surface area contributed by atoms with Gasteiger partial charge in [0.15, 0.2) is 0 Å². The van der Waals surface area contributed by atoms with Crippen molar-refractivity contribution in [1.82, 2.24) is 10.3 Å². The van der Waals surface area contributed by atoms with Gasteiger partial charge >= 0.3 is 0 Å². The number of ether oxygens (including phenoxy) is 2. The van der Waals surface area contributed by atoms with Crippen LogP contribution in [0.2, 0.25) is 0 Å². The van der Waals surface area contributed by atoms with E-state index >= 15 is 0 Å². The average Bonchev–Trinajstić information content (AvgIpc) is 2.31. The zero-order chi connectivity index (χ0) is 13.4. The van der Waals surface area contributed by atoms with E-state index in [4.69, 9.17) is 9.47 Å². The highest BCUT2D eigenvalue weighted by molar-refractivity contribution is 5.24. The van der Waals surface area contributed by atoms with Crippen molar-refractivity contribution in [2.24, 2.45) is 0 Å². The number of aryl methyl sites for hydroxylation is 1. The van der Waals surface area contributed by atoms with E-state index < -0.39 is 0 Å². The first-order valence-corrected chi connectivity index (χ1v) is 6.54. The molecule has 1 aromatic heterocycles. The van der Waals surface area contributed by atoms with Crippen molar-refractivity contribution in [3.63, 3.8) is 0 Å². The number of hydrogen-bond acceptors (Lipinski definition) is 4. The van der Waals surface area contributed by atoms with Gasteiger partial charge in [0, 0.05) is 18.3 Å². The molecule has 0 saturated carbocycles. The highest BCUT2D eigenvalue weighted by Crippen LogP contribution is 2.12. The number of nitrogens with zero attached hydrogens (tertiary/aromatic N) is 1. The molecule has 0 saturated heterocycles. The van der Waals surface area contributed by atoms with E-state index in [1.54, 1.807) is 0 Å². The van der Waals surface area contributed by atoms with Gasteiger partial charge in [0.25, 0.3) is 0 Å². The molecule has 0 atom stereocenters. The molecule has 0 spiro atoms. The van der Waals surface area contributed by atoms with Gasteiger partial charge in [-0.25, -0.2) is 4.98 Å². The Morgan fingerprint density at radius 2 is 2.06 bits per heavy atom. The molecule has 18 heavy (non-hydrogen) atoms. The molecule has 0 aliphatic rings. The Kier molecular flexibility index (Phi) is 6.68. The van der Waals surface area contributed by atoms with Gasteiger partial charge in [0.05, 0.1) is 12.7 Å². The van der Waals surface area contributed by atoms with Crippen molar-refractivity contribution in [2.45, 2.75) is 40.3 Å². The second-order valence-corrected chi connectivity index (χ2v) is 4.50. The molecule has 0 amide bonds. The quantitative estimate of drug-likeness (QED) is 0.721. The van der Waals surface area contributed by atoms with Crippen LogP contribution in [0, 0.1) is 6.92 Å². The minimum absolute atomic E-state index is 0.239. The monoisotopic (exact) mass is 252 g/mol. The summed E-state index contributed by atoms with van der Waals surface area (Å²) < 4.78 is 11.0.